The second-order valence-electron chi connectivity index (χ2n) is 4.01. The molecule has 0 fully saturated rings. The third-order valence-corrected chi connectivity index (χ3v) is 3.17. The fourth-order valence-electron chi connectivity index (χ4n) is 2.36. The van der Waals surface area contributed by atoms with Crippen molar-refractivity contribution in [1.82, 2.24) is 9.55 Å². The first kappa shape index (κ1) is 8.68. The number of hydrogen-bond acceptors (Lipinski definition) is 2. The van der Waals surface area contributed by atoms with Crippen LogP contribution in [0.25, 0.3) is 0 Å². The molecule has 0 radical (unpaired) electrons. The van der Waals surface area contributed by atoms with E-state index in [-0.39, 0.29) is 6.04 Å². The van der Waals surface area contributed by atoms with E-state index in [0.29, 0.717) is 6.04 Å². The monoisotopic (exact) mass is 199 g/mol. The molecule has 0 aliphatic heterocycles. The molecule has 1 aromatic carbocycles. The van der Waals surface area contributed by atoms with Crippen LogP contribution in [0.1, 0.15) is 23.2 Å². The highest BCUT2D eigenvalue weighted by molar-refractivity contribution is 5.36. The van der Waals surface area contributed by atoms with E-state index >= 15 is 0 Å². The molecular weight excluding hydrogens is 186 g/mol. The van der Waals surface area contributed by atoms with E-state index in [1.807, 2.05) is 12.5 Å². The lowest BCUT2D eigenvalue weighted by atomic mass is 10.1. The summed E-state index contributed by atoms with van der Waals surface area (Å²) in [6.07, 6.45) is 6.64. The molecule has 0 bridgehead atoms. The van der Waals surface area contributed by atoms with Gasteiger partial charge < -0.3 is 10.3 Å². The lowest BCUT2D eigenvalue weighted by Gasteiger charge is -2.17. The largest absolute Gasteiger partial charge is 0.332 e. The van der Waals surface area contributed by atoms with E-state index < -0.39 is 0 Å². The summed E-state index contributed by atoms with van der Waals surface area (Å²) in [6.45, 7) is 0. The van der Waals surface area contributed by atoms with Gasteiger partial charge in [-0.05, 0) is 17.5 Å². The Morgan fingerprint density at radius 3 is 2.93 bits per heavy atom. The average Bonchev–Trinajstić information content (AvgIpc) is 2.87. The Morgan fingerprint density at radius 2 is 2.20 bits per heavy atom. The number of benzene rings is 1. The molecule has 3 heteroatoms. The highest BCUT2D eigenvalue weighted by Crippen LogP contribution is 2.36. The van der Waals surface area contributed by atoms with E-state index in [4.69, 9.17) is 5.73 Å². The molecule has 0 amide bonds. The zero-order chi connectivity index (χ0) is 10.3. The van der Waals surface area contributed by atoms with E-state index in [2.05, 4.69) is 33.8 Å². The molecule has 0 saturated heterocycles. The summed E-state index contributed by atoms with van der Waals surface area (Å²) < 4.78 is 2.10. The average molecular weight is 199 g/mol. The standard InChI is InChI=1S/C12H13N3/c13-12-10-4-2-1-3-9(10)7-11(12)15-6-5-14-8-15/h1-6,8,11-12H,7,13H2. The Hall–Kier alpha value is -1.61. The number of aromatic nitrogens is 2. The highest BCUT2D eigenvalue weighted by Gasteiger charge is 2.29. The predicted molar refractivity (Wildman–Crippen MR) is 58.3 cm³/mol. The molecule has 0 saturated carbocycles. The van der Waals surface area contributed by atoms with Crippen LogP contribution in [0.4, 0.5) is 0 Å². The van der Waals surface area contributed by atoms with E-state index in [0.717, 1.165) is 6.42 Å². The SMILES string of the molecule is NC1c2ccccc2CC1n1ccnc1. The summed E-state index contributed by atoms with van der Waals surface area (Å²) in [7, 11) is 0. The number of fused-ring (bicyclic) bond motifs is 1. The maximum atomic E-state index is 6.23. The second-order valence-corrected chi connectivity index (χ2v) is 4.01. The van der Waals surface area contributed by atoms with Gasteiger partial charge in [-0.2, -0.15) is 0 Å². The van der Waals surface area contributed by atoms with Gasteiger partial charge in [0.05, 0.1) is 18.4 Å². The van der Waals surface area contributed by atoms with Crippen LogP contribution in [-0.2, 0) is 6.42 Å². The molecular formula is C12H13N3. The van der Waals surface area contributed by atoms with Gasteiger partial charge in [0.15, 0.2) is 0 Å². The summed E-state index contributed by atoms with van der Waals surface area (Å²) in [4.78, 5) is 4.07. The van der Waals surface area contributed by atoms with Crippen LogP contribution < -0.4 is 5.73 Å². The van der Waals surface area contributed by atoms with Crippen LogP contribution in [0.3, 0.4) is 0 Å². The fraction of sp³-hybridized carbons (Fsp3) is 0.250. The zero-order valence-electron chi connectivity index (χ0n) is 8.38. The molecule has 1 heterocycles. The third-order valence-electron chi connectivity index (χ3n) is 3.17. The van der Waals surface area contributed by atoms with Crippen LogP contribution in [-0.4, -0.2) is 9.55 Å². The van der Waals surface area contributed by atoms with Gasteiger partial charge in [0.25, 0.3) is 0 Å². The van der Waals surface area contributed by atoms with Crippen molar-refractivity contribution in [2.75, 3.05) is 0 Å². The van der Waals surface area contributed by atoms with Crippen LogP contribution in [0.5, 0.6) is 0 Å². The highest BCUT2D eigenvalue weighted by atomic mass is 15.1. The van der Waals surface area contributed by atoms with Gasteiger partial charge in [0.2, 0.25) is 0 Å². The van der Waals surface area contributed by atoms with Crippen LogP contribution in [0.15, 0.2) is 43.0 Å². The number of rotatable bonds is 1. The first-order valence-electron chi connectivity index (χ1n) is 5.17. The van der Waals surface area contributed by atoms with Crippen molar-refractivity contribution < 1.29 is 0 Å². The summed E-state index contributed by atoms with van der Waals surface area (Å²) in [5, 5.41) is 0. The molecule has 1 aliphatic rings. The second kappa shape index (κ2) is 3.21. The molecule has 2 atom stereocenters. The Balaban J connectivity index is 2.00. The Morgan fingerprint density at radius 1 is 1.33 bits per heavy atom. The molecule has 2 unspecified atom stereocenters. The minimum absolute atomic E-state index is 0.0930. The lowest BCUT2D eigenvalue weighted by molar-refractivity contribution is 0.449. The predicted octanol–water partition coefficient (Wildman–Crippen LogP) is 1.68. The normalized spacial score (nSPS) is 24.1. The topological polar surface area (TPSA) is 43.8 Å². The zero-order valence-corrected chi connectivity index (χ0v) is 8.38. The molecule has 1 aromatic heterocycles. The molecule has 3 nitrogen and oxygen atoms in total. The molecule has 3 rings (SSSR count). The van der Waals surface area contributed by atoms with Gasteiger partial charge in [-0.15, -0.1) is 0 Å². The summed E-state index contributed by atoms with van der Waals surface area (Å²) in [5.74, 6) is 0. The van der Waals surface area contributed by atoms with Crippen molar-refractivity contribution in [2.45, 2.75) is 18.5 Å². The van der Waals surface area contributed by atoms with Gasteiger partial charge in [-0.1, -0.05) is 24.3 Å². The molecule has 76 valence electrons. The minimum atomic E-state index is 0.0930. The number of hydrogen-bond donors (Lipinski definition) is 1. The summed E-state index contributed by atoms with van der Waals surface area (Å²) in [6, 6.07) is 8.82. The Kier molecular flexibility index (Phi) is 1.86. The van der Waals surface area contributed by atoms with Gasteiger partial charge in [0.1, 0.15) is 0 Å². The number of nitrogens with two attached hydrogens (primary N) is 1. The molecule has 1 aliphatic carbocycles. The lowest BCUT2D eigenvalue weighted by Crippen LogP contribution is -2.19. The van der Waals surface area contributed by atoms with Gasteiger partial charge >= 0.3 is 0 Å². The number of nitrogens with zero attached hydrogens (tertiary/aromatic N) is 2. The molecule has 15 heavy (non-hydrogen) atoms. The van der Waals surface area contributed by atoms with Crippen molar-refractivity contribution in [3.8, 4) is 0 Å². The molecule has 0 spiro atoms. The maximum Gasteiger partial charge on any atom is 0.0949 e. The van der Waals surface area contributed by atoms with E-state index in [1.165, 1.54) is 11.1 Å². The van der Waals surface area contributed by atoms with E-state index in [1.54, 1.807) is 6.20 Å². The van der Waals surface area contributed by atoms with Gasteiger partial charge in [-0.25, -0.2) is 4.98 Å². The van der Waals surface area contributed by atoms with Crippen molar-refractivity contribution >= 4 is 0 Å². The van der Waals surface area contributed by atoms with Crippen LogP contribution in [0, 0.1) is 0 Å². The first-order chi connectivity index (χ1) is 7.36. The van der Waals surface area contributed by atoms with E-state index in [9.17, 15) is 0 Å². The summed E-state index contributed by atoms with van der Waals surface area (Å²) >= 11 is 0. The molecule has 2 aromatic rings. The Bertz CT molecular complexity index is 461. The first-order valence-corrected chi connectivity index (χ1v) is 5.17. The third kappa shape index (κ3) is 1.27. The van der Waals surface area contributed by atoms with Gasteiger partial charge in [0, 0.05) is 12.4 Å². The van der Waals surface area contributed by atoms with Crippen LogP contribution in [0.2, 0.25) is 0 Å². The quantitative estimate of drug-likeness (QED) is 0.759. The Labute approximate surface area is 88.6 Å². The smallest absolute Gasteiger partial charge is 0.0949 e. The van der Waals surface area contributed by atoms with Crippen LogP contribution >= 0.6 is 0 Å². The van der Waals surface area contributed by atoms with Crippen molar-refractivity contribution in [3.63, 3.8) is 0 Å². The van der Waals surface area contributed by atoms with Crippen molar-refractivity contribution in [3.05, 3.63) is 54.1 Å². The number of imidazole rings is 1. The summed E-state index contributed by atoms with van der Waals surface area (Å²) in [5.41, 5.74) is 8.87. The maximum absolute atomic E-state index is 6.23. The fourth-order valence-corrected chi connectivity index (χ4v) is 2.36. The minimum Gasteiger partial charge on any atom is -0.332 e. The van der Waals surface area contributed by atoms with Gasteiger partial charge in [-0.3, -0.25) is 0 Å². The van der Waals surface area contributed by atoms with Crippen molar-refractivity contribution in [1.29, 1.82) is 0 Å². The van der Waals surface area contributed by atoms with Crippen molar-refractivity contribution in [2.24, 2.45) is 5.73 Å². The molecule has 2 N–H and O–H groups in total.